The highest BCUT2D eigenvalue weighted by Gasteiger charge is 2.34. The molecule has 7 nitrogen and oxygen atoms in total. The molecule has 1 aromatic rings. The lowest BCUT2D eigenvalue weighted by Crippen LogP contribution is -2.30. The maximum Gasteiger partial charge on any atom is 0.333 e. The molecule has 1 saturated carbocycles. The molecule has 1 fully saturated rings. The molecule has 2 atom stereocenters. The molecule has 0 saturated heterocycles. The Hall–Kier alpha value is -2.31. The van der Waals surface area contributed by atoms with Crippen molar-refractivity contribution >= 4 is 17.3 Å². The number of aliphatic carboxylic acids is 1. The predicted molar refractivity (Wildman–Crippen MR) is 72.0 cm³/mol. The molecule has 0 aromatic heterocycles. The van der Waals surface area contributed by atoms with Crippen LogP contribution >= 0.6 is 0 Å². The SMILES string of the molecule is COc1cccc(NC2CCCC2C(=O)O)c1[N+](=O)[O-]. The van der Waals surface area contributed by atoms with E-state index in [4.69, 9.17) is 9.84 Å². The lowest BCUT2D eigenvalue weighted by molar-refractivity contribution is -0.384. The molecular formula is C13H16N2O5. The van der Waals surface area contributed by atoms with Gasteiger partial charge in [0, 0.05) is 6.04 Å². The van der Waals surface area contributed by atoms with Crippen molar-refractivity contribution in [1.29, 1.82) is 0 Å². The molecule has 1 aliphatic carbocycles. The first-order valence-corrected chi connectivity index (χ1v) is 6.35. The molecule has 1 aliphatic rings. The zero-order valence-electron chi connectivity index (χ0n) is 11.0. The third kappa shape index (κ3) is 2.66. The van der Waals surface area contributed by atoms with Gasteiger partial charge in [0.15, 0.2) is 5.75 Å². The third-order valence-electron chi connectivity index (χ3n) is 3.58. The van der Waals surface area contributed by atoms with Gasteiger partial charge in [0.05, 0.1) is 18.0 Å². The topological polar surface area (TPSA) is 102 Å². The Morgan fingerprint density at radius 2 is 2.25 bits per heavy atom. The van der Waals surface area contributed by atoms with Crippen molar-refractivity contribution in [3.63, 3.8) is 0 Å². The van der Waals surface area contributed by atoms with Gasteiger partial charge in [-0.1, -0.05) is 12.5 Å². The zero-order valence-corrected chi connectivity index (χ0v) is 11.0. The molecule has 0 aliphatic heterocycles. The number of nitro groups is 1. The molecule has 1 aromatic carbocycles. The van der Waals surface area contributed by atoms with Crippen LogP contribution in [0.15, 0.2) is 18.2 Å². The molecule has 0 radical (unpaired) electrons. The van der Waals surface area contributed by atoms with Crippen molar-refractivity contribution in [3.8, 4) is 5.75 Å². The maximum atomic E-state index is 11.2. The Morgan fingerprint density at radius 1 is 1.50 bits per heavy atom. The minimum absolute atomic E-state index is 0.157. The van der Waals surface area contributed by atoms with Crippen LogP contribution in [0.3, 0.4) is 0 Å². The van der Waals surface area contributed by atoms with E-state index >= 15 is 0 Å². The van der Waals surface area contributed by atoms with Gasteiger partial charge in [0.2, 0.25) is 0 Å². The number of rotatable bonds is 5. The molecule has 0 heterocycles. The van der Waals surface area contributed by atoms with Crippen molar-refractivity contribution < 1.29 is 19.6 Å². The van der Waals surface area contributed by atoms with Crippen LogP contribution in [0.5, 0.6) is 5.75 Å². The zero-order chi connectivity index (χ0) is 14.7. The summed E-state index contributed by atoms with van der Waals surface area (Å²) >= 11 is 0. The number of ether oxygens (including phenoxy) is 1. The van der Waals surface area contributed by atoms with Crippen LogP contribution in [0, 0.1) is 16.0 Å². The second-order valence-electron chi connectivity index (χ2n) is 4.74. The van der Waals surface area contributed by atoms with E-state index in [0.29, 0.717) is 18.5 Å². The molecule has 7 heteroatoms. The highest BCUT2D eigenvalue weighted by molar-refractivity contribution is 5.74. The lowest BCUT2D eigenvalue weighted by Gasteiger charge is -2.19. The van der Waals surface area contributed by atoms with E-state index in [2.05, 4.69) is 5.32 Å². The summed E-state index contributed by atoms with van der Waals surface area (Å²) in [5.74, 6) is -1.23. The number of hydrogen-bond acceptors (Lipinski definition) is 5. The van der Waals surface area contributed by atoms with Gasteiger partial charge in [0.1, 0.15) is 5.69 Å². The Bertz CT molecular complexity index is 531. The first-order valence-electron chi connectivity index (χ1n) is 6.35. The quantitative estimate of drug-likeness (QED) is 0.633. The molecule has 0 amide bonds. The van der Waals surface area contributed by atoms with Crippen molar-refractivity contribution in [2.75, 3.05) is 12.4 Å². The van der Waals surface area contributed by atoms with Crippen molar-refractivity contribution in [2.45, 2.75) is 25.3 Å². The average molecular weight is 280 g/mol. The largest absolute Gasteiger partial charge is 0.490 e. The van der Waals surface area contributed by atoms with Crippen LogP contribution in [-0.2, 0) is 4.79 Å². The average Bonchev–Trinajstić information content (AvgIpc) is 2.86. The van der Waals surface area contributed by atoms with Crippen LogP contribution < -0.4 is 10.1 Å². The molecule has 20 heavy (non-hydrogen) atoms. The van der Waals surface area contributed by atoms with Gasteiger partial charge in [-0.25, -0.2) is 0 Å². The highest BCUT2D eigenvalue weighted by Crippen LogP contribution is 2.37. The fraction of sp³-hybridized carbons (Fsp3) is 0.462. The second kappa shape index (κ2) is 5.77. The molecule has 0 bridgehead atoms. The standard InChI is InChI=1S/C13H16N2O5/c1-20-11-7-3-6-10(12(11)15(18)19)14-9-5-2-4-8(9)13(16)17/h3,6-9,14H,2,4-5H2,1H3,(H,16,17). The summed E-state index contributed by atoms with van der Waals surface area (Å²) in [7, 11) is 1.36. The summed E-state index contributed by atoms with van der Waals surface area (Å²) in [6, 6.07) is 4.42. The van der Waals surface area contributed by atoms with Gasteiger partial charge in [-0.05, 0) is 25.0 Å². The number of carbonyl (C=O) groups is 1. The Balaban J connectivity index is 2.29. The number of nitrogens with zero attached hydrogens (tertiary/aromatic N) is 1. The summed E-state index contributed by atoms with van der Waals surface area (Å²) in [5.41, 5.74) is 0.138. The molecule has 108 valence electrons. The van der Waals surface area contributed by atoms with Crippen molar-refractivity contribution in [2.24, 2.45) is 5.92 Å². The van der Waals surface area contributed by atoms with Gasteiger partial charge in [-0.3, -0.25) is 14.9 Å². The van der Waals surface area contributed by atoms with Crippen LogP contribution in [0.25, 0.3) is 0 Å². The van der Waals surface area contributed by atoms with Crippen LogP contribution in [0.2, 0.25) is 0 Å². The summed E-state index contributed by atoms with van der Waals surface area (Å²) in [6.07, 6.45) is 2.07. The Labute approximate surface area is 115 Å². The maximum absolute atomic E-state index is 11.2. The molecule has 2 unspecified atom stereocenters. The molecular weight excluding hydrogens is 264 g/mol. The fourth-order valence-corrected chi connectivity index (χ4v) is 2.62. The van der Waals surface area contributed by atoms with Crippen LogP contribution in [0.1, 0.15) is 19.3 Å². The minimum atomic E-state index is -0.870. The molecule has 2 N–H and O–H groups in total. The van der Waals surface area contributed by atoms with E-state index in [1.54, 1.807) is 12.1 Å². The first kappa shape index (κ1) is 14.1. The molecule has 2 rings (SSSR count). The summed E-state index contributed by atoms with van der Waals surface area (Å²) in [4.78, 5) is 21.8. The van der Waals surface area contributed by atoms with Crippen molar-refractivity contribution in [3.05, 3.63) is 28.3 Å². The van der Waals surface area contributed by atoms with E-state index < -0.39 is 16.8 Å². The number of para-hydroxylation sites is 1. The Kier molecular flexibility index (Phi) is 4.07. The third-order valence-corrected chi connectivity index (χ3v) is 3.58. The lowest BCUT2D eigenvalue weighted by atomic mass is 10.0. The number of carboxylic acid groups (broad SMARTS) is 1. The van der Waals surface area contributed by atoms with Gasteiger partial charge in [-0.2, -0.15) is 0 Å². The summed E-state index contributed by atoms with van der Waals surface area (Å²) in [6.45, 7) is 0. The van der Waals surface area contributed by atoms with Gasteiger partial charge in [-0.15, -0.1) is 0 Å². The number of nitro benzene ring substituents is 1. The van der Waals surface area contributed by atoms with E-state index in [0.717, 1.165) is 6.42 Å². The van der Waals surface area contributed by atoms with Gasteiger partial charge in [0.25, 0.3) is 0 Å². The van der Waals surface area contributed by atoms with Crippen LogP contribution in [0.4, 0.5) is 11.4 Å². The molecule has 0 spiro atoms. The summed E-state index contributed by atoms with van der Waals surface area (Å²) in [5, 5.41) is 23.3. The smallest absolute Gasteiger partial charge is 0.333 e. The van der Waals surface area contributed by atoms with E-state index in [9.17, 15) is 14.9 Å². The number of anilines is 1. The van der Waals surface area contributed by atoms with E-state index in [-0.39, 0.29) is 17.5 Å². The summed E-state index contributed by atoms with van der Waals surface area (Å²) < 4.78 is 4.99. The first-order chi connectivity index (χ1) is 9.54. The normalized spacial score (nSPS) is 21.4. The predicted octanol–water partition coefficient (Wildman–Crippen LogP) is 2.27. The van der Waals surface area contributed by atoms with Crippen LogP contribution in [-0.4, -0.2) is 29.2 Å². The number of methoxy groups -OCH3 is 1. The Morgan fingerprint density at radius 3 is 2.85 bits per heavy atom. The monoisotopic (exact) mass is 280 g/mol. The number of carboxylic acids is 1. The minimum Gasteiger partial charge on any atom is -0.490 e. The number of nitrogens with one attached hydrogen (secondary N) is 1. The van der Waals surface area contributed by atoms with E-state index in [1.165, 1.54) is 13.2 Å². The fourth-order valence-electron chi connectivity index (χ4n) is 2.62. The van der Waals surface area contributed by atoms with Gasteiger partial charge < -0.3 is 15.2 Å². The second-order valence-corrected chi connectivity index (χ2v) is 4.74. The van der Waals surface area contributed by atoms with E-state index in [1.807, 2.05) is 0 Å². The number of benzene rings is 1. The van der Waals surface area contributed by atoms with Gasteiger partial charge >= 0.3 is 11.7 Å². The van der Waals surface area contributed by atoms with Crippen molar-refractivity contribution in [1.82, 2.24) is 0 Å². The number of hydrogen-bond donors (Lipinski definition) is 2. The highest BCUT2D eigenvalue weighted by atomic mass is 16.6.